The number of rotatable bonds is 7. The number of pyridine rings is 1. The second kappa shape index (κ2) is 10.7. The molecule has 1 fully saturated rings. The summed E-state index contributed by atoms with van der Waals surface area (Å²) in [4.78, 5) is 33.2. The lowest BCUT2D eigenvalue weighted by molar-refractivity contribution is -0.139. The molecule has 4 rings (SSSR count). The molecule has 1 saturated heterocycles. The third-order valence-electron chi connectivity index (χ3n) is 5.68. The Morgan fingerprint density at radius 1 is 1.00 bits per heavy atom. The molecule has 1 aromatic carbocycles. The zero-order valence-corrected chi connectivity index (χ0v) is 18.1. The second-order valence-corrected chi connectivity index (χ2v) is 7.77. The molecule has 8 nitrogen and oxygen atoms in total. The zero-order valence-electron chi connectivity index (χ0n) is 18.1. The summed E-state index contributed by atoms with van der Waals surface area (Å²) in [5, 5.41) is 5.30. The van der Waals surface area contributed by atoms with E-state index in [1.54, 1.807) is 36.7 Å². The normalized spacial score (nSPS) is 15.1. The lowest BCUT2D eigenvalue weighted by Crippen LogP contribution is -2.50. The lowest BCUT2D eigenvalue weighted by Gasteiger charge is -2.40. The Morgan fingerprint density at radius 2 is 1.76 bits per heavy atom. The van der Waals surface area contributed by atoms with Gasteiger partial charge in [0.25, 0.3) is 0 Å². The van der Waals surface area contributed by atoms with Gasteiger partial charge in [-0.25, -0.2) is 4.39 Å². The minimum Gasteiger partial charge on any atom is -0.467 e. The first-order chi connectivity index (χ1) is 16.1. The number of nitrogens with zero attached hydrogens (tertiary/aromatic N) is 3. The summed E-state index contributed by atoms with van der Waals surface area (Å²) >= 11 is 0. The molecule has 1 atom stereocenters. The van der Waals surface area contributed by atoms with Gasteiger partial charge in [-0.3, -0.25) is 19.5 Å². The van der Waals surface area contributed by atoms with Gasteiger partial charge in [0, 0.05) is 50.8 Å². The highest BCUT2D eigenvalue weighted by Crippen LogP contribution is 2.23. The molecule has 2 aromatic heterocycles. The Hall–Kier alpha value is -3.72. The van der Waals surface area contributed by atoms with Crippen LogP contribution in [0.3, 0.4) is 0 Å². The highest BCUT2D eigenvalue weighted by Gasteiger charge is 2.27. The highest BCUT2D eigenvalue weighted by molar-refractivity contribution is 6.35. The van der Waals surface area contributed by atoms with Crippen molar-refractivity contribution in [3.8, 4) is 0 Å². The Balaban J connectivity index is 1.35. The number of anilines is 1. The molecular formula is C24H26FN5O3. The number of furan rings is 1. The van der Waals surface area contributed by atoms with Crippen LogP contribution < -0.4 is 15.5 Å². The van der Waals surface area contributed by atoms with Gasteiger partial charge in [-0.1, -0.05) is 6.07 Å². The molecule has 2 amide bonds. The number of carbonyl (C=O) groups excluding carboxylic acids is 2. The minimum absolute atomic E-state index is 0.129. The van der Waals surface area contributed by atoms with Crippen LogP contribution in [-0.2, 0) is 16.1 Å². The van der Waals surface area contributed by atoms with Crippen molar-refractivity contribution < 1.29 is 18.4 Å². The fourth-order valence-electron chi connectivity index (χ4n) is 3.91. The summed E-state index contributed by atoms with van der Waals surface area (Å²) < 4.78 is 18.4. The van der Waals surface area contributed by atoms with Crippen molar-refractivity contribution in [2.75, 3.05) is 37.6 Å². The average Bonchev–Trinajstić information content (AvgIpc) is 3.38. The van der Waals surface area contributed by atoms with E-state index in [0.717, 1.165) is 37.4 Å². The molecule has 3 heterocycles. The van der Waals surface area contributed by atoms with E-state index >= 15 is 0 Å². The molecule has 0 saturated carbocycles. The SMILES string of the molecule is O=C(NCc1ccco1)C(=O)NCC(c1cccnc1)N1CCN(c2ccc(F)cc2)CC1. The topological polar surface area (TPSA) is 90.7 Å². The van der Waals surface area contributed by atoms with Crippen LogP contribution >= 0.6 is 0 Å². The van der Waals surface area contributed by atoms with E-state index in [-0.39, 0.29) is 24.9 Å². The van der Waals surface area contributed by atoms with Crippen LogP contribution in [0, 0.1) is 5.82 Å². The van der Waals surface area contributed by atoms with Crippen molar-refractivity contribution in [2.24, 2.45) is 0 Å². The largest absolute Gasteiger partial charge is 0.467 e. The van der Waals surface area contributed by atoms with E-state index in [9.17, 15) is 14.0 Å². The molecule has 0 aliphatic carbocycles. The quantitative estimate of drug-likeness (QED) is 0.535. The zero-order chi connectivity index (χ0) is 23.0. The molecule has 0 bridgehead atoms. The van der Waals surface area contributed by atoms with Crippen LogP contribution in [0.1, 0.15) is 17.4 Å². The summed E-state index contributed by atoms with van der Waals surface area (Å²) in [5.41, 5.74) is 1.94. The fourth-order valence-corrected chi connectivity index (χ4v) is 3.91. The number of benzene rings is 1. The van der Waals surface area contributed by atoms with Gasteiger partial charge in [-0.15, -0.1) is 0 Å². The molecule has 33 heavy (non-hydrogen) atoms. The Morgan fingerprint density at radius 3 is 2.42 bits per heavy atom. The number of amides is 2. The first-order valence-corrected chi connectivity index (χ1v) is 10.8. The predicted octanol–water partition coefficient (Wildman–Crippen LogP) is 2.11. The van der Waals surface area contributed by atoms with Gasteiger partial charge in [0.1, 0.15) is 11.6 Å². The minimum atomic E-state index is -0.711. The smallest absolute Gasteiger partial charge is 0.309 e. The van der Waals surface area contributed by atoms with Gasteiger partial charge in [-0.05, 0) is 48.0 Å². The molecule has 0 spiro atoms. The van der Waals surface area contributed by atoms with Crippen LogP contribution in [0.4, 0.5) is 10.1 Å². The van der Waals surface area contributed by atoms with Gasteiger partial charge in [-0.2, -0.15) is 0 Å². The monoisotopic (exact) mass is 451 g/mol. The predicted molar refractivity (Wildman–Crippen MR) is 121 cm³/mol. The summed E-state index contributed by atoms with van der Waals surface area (Å²) in [6, 6.07) is 13.6. The number of hydrogen-bond donors (Lipinski definition) is 2. The van der Waals surface area contributed by atoms with Crippen LogP contribution in [0.25, 0.3) is 0 Å². The van der Waals surface area contributed by atoms with Gasteiger partial charge in [0.15, 0.2) is 0 Å². The summed E-state index contributed by atoms with van der Waals surface area (Å²) in [5.74, 6) is -1.08. The Kier molecular flexibility index (Phi) is 7.31. The maximum Gasteiger partial charge on any atom is 0.309 e. The summed E-state index contributed by atoms with van der Waals surface area (Å²) in [6.07, 6.45) is 4.99. The van der Waals surface area contributed by atoms with Gasteiger partial charge < -0.3 is 20.0 Å². The fraction of sp³-hybridized carbons (Fsp3) is 0.292. The van der Waals surface area contributed by atoms with Gasteiger partial charge in [0.05, 0.1) is 18.8 Å². The van der Waals surface area contributed by atoms with Crippen LogP contribution in [0.15, 0.2) is 71.6 Å². The van der Waals surface area contributed by atoms with Crippen molar-refractivity contribution in [1.82, 2.24) is 20.5 Å². The van der Waals surface area contributed by atoms with Crippen molar-refractivity contribution in [2.45, 2.75) is 12.6 Å². The molecule has 172 valence electrons. The standard InChI is InChI=1S/C24H26FN5O3/c25-19-5-7-20(8-6-19)29-10-12-30(13-11-29)22(18-3-1-9-26-15-18)17-28-24(32)23(31)27-16-21-4-2-14-33-21/h1-9,14-15,22H,10-13,16-17H2,(H,27,31)(H,28,32). The third-order valence-corrected chi connectivity index (χ3v) is 5.68. The number of piperazine rings is 1. The Bertz CT molecular complexity index is 1040. The van der Waals surface area contributed by atoms with E-state index in [1.165, 1.54) is 18.4 Å². The molecule has 1 aliphatic rings. The van der Waals surface area contributed by atoms with E-state index in [0.29, 0.717) is 5.76 Å². The molecule has 2 N–H and O–H groups in total. The number of halogens is 1. The van der Waals surface area contributed by atoms with Crippen molar-refractivity contribution in [3.05, 3.63) is 84.3 Å². The van der Waals surface area contributed by atoms with Crippen molar-refractivity contribution in [1.29, 1.82) is 0 Å². The third kappa shape index (κ3) is 5.95. The van der Waals surface area contributed by atoms with Crippen LogP contribution in [0.5, 0.6) is 0 Å². The Labute approximate surface area is 191 Å². The number of carbonyl (C=O) groups is 2. The van der Waals surface area contributed by atoms with Crippen molar-refractivity contribution in [3.63, 3.8) is 0 Å². The summed E-state index contributed by atoms with van der Waals surface area (Å²) in [6.45, 7) is 3.45. The number of nitrogens with one attached hydrogen (secondary N) is 2. The first kappa shape index (κ1) is 22.5. The molecule has 3 aromatic rings. The van der Waals surface area contributed by atoms with E-state index < -0.39 is 11.8 Å². The molecular weight excluding hydrogens is 425 g/mol. The van der Waals surface area contributed by atoms with E-state index in [4.69, 9.17) is 4.42 Å². The number of aromatic nitrogens is 1. The van der Waals surface area contributed by atoms with Crippen molar-refractivity contribution >= 4 is 17.5 Å². The van der Waals surface area contributed by atoms with E-state index in [1.807, 2.05) is 12.1 Å². The maximum atomic E-state index is 13.2. The van der Waals surface area contributed by atoms with Crippen LogP contribution in [0.2, 0.25) is 0 Å². The second-order valence-electron chi connectivity index (χ2n) is 7.77. The maximum absolute atomic E-state index is 13.2. The summed E-state index contributed by atoms with van der Waals surface area (Å²) in [7, 11) is 0. The number of hydrogen-bond acceptors (Lipinski definition) is 6. The molecule has 9 heteroatoms. The molecule has 1 unspecified atom stereocenters. The van der Waals surface area contributed by atoms with Gasteiger partial charge >= 0.3 is 11.8 Å². The lowest BCUT2D eigenvalue weighted by atomic mass is 10.1. The van der Waals surface area contributed by atoms with Gasteiger partial charge in [0.2, 0.25) is 0 Å². The van der Waals surface area contributed by atoms with Crippen LogP contribution in [-0.4, -0.2) is 54.4 Å². The molecule has 0 radical (unpaired) electrons. The molecule has 1 aliphatic heterocycles. The first-order valence-electron chi connectivity index (χ1n) is 10.8. The van der Waals surface area contributed by atoms with E-state index in [2.05, 4.69) is 25.4 Å². The highest BCUT2D eigenvalue weighted by atomic mass is 19.1. The average molecular weight is 452 g/mol.